The van der Waals surface area contributed by atoms with Crippen molar-refractivity contribution in [2.75, 3.05) is 0 Å². The Kier molecular flexibility index (Phi) is 7.39. The molecule has 3 heterocycles. The third-order valence-electron chi connectivity index (χ3n) is 11.9. The van der Waals surface area contributed by atoms with Gasteiger partial charge in [-0.05, 0) is 75.3 Å². The molecule has 1 aliphatic carbocycles. The standard InChI is InChI=1S/C60H44N4O.Pt/c1-5-19-42(20-6-1)49-30-18-31-50(43-21-7-2-8-22-43)60(49)63-41-62(56-33-15-16-34-57(56)63)46-27-17-28-47(37-46)65-48-35-36-52-51-29-13-14-32-55(51)64(58(52)38-48)59-39-53(44-23-9-3-10-24-44)54(40-61-59)45-25-11-4-12-26-45;/h1-2,4-8,11-22,25-36,39-40,44H,3,9-10,23-24H2;/q-2;/i1D,2D,4D,5D,6D,7D,8D,11D,12D,19D,20D,21D,22D,25D,26D,44D;. The van der Waals surface area contributed by atoms with Crippen molar-refractivity contribution in [1.82, 2.24) is 14.1 Å². The van der Waals surface area contributed by atoms with E-state index in [4.69, 9.17) is 30.3 Å². The summed E-state index contributed by atoms with van der Waals surface area (Å²) in [5, 5.41) is 1.70. The van der Waals surface area contributed by atoms with Crippen molar-refractivity contribution in [1.29, 1.82) is 0 Å². The summed E-state index contributed by atoms with van der Waals surface area (Å²) in [6.45, 7) is 0. The molecule has 0 N–H and O–H groups in total. The Morgan fingerprint density at radius 1 is 0.606 bits per heavy atom. The van der Waals surface area contributed by atoms with Crippen molar-refractivity contribution in [3.63, 3.8) is 0 Å². The van der Waals surface area contributed by atoms with Gasteiger partial charge >= 0.3 is 0 Å². The van der Waals surface area contributed by atoms with Crippen LogP contribution in [0.5, 0.6) is 11.5 Å². The van der Waals surface area contributed by atoms with Gasteiger partial charge in [0, 0.05) is 51.2 Å². The molecule has 0 spiro atoms. The summed E-state index contributed by atoms with van der Waals surface area (Å²) in [6.07, 6.45) is 8.42. The van der Waals surface area contributed by atoms with Gasteiger partial charge in [-0.25, -0.2) is 4.98 Å². The molecule has 322 valence electrons. The SMILES string of the molecule is [2H]c1c([2H])c([2H])c(-c2cnc(-n3c4[c-]c(Oc5[c-]c(-n6[c-][n+](-c7c(-c8c([2H])c([2H])c([2H])c([2H])c8[2H])cccc7-c7c([2H])c([2H])c([2H])c([2H])c7[2H])c7ccccc76)ccc5)ccc4c4ccccc43)cc2C2([2H])CCCCC2)c([2H])c1[2H].[Pt]. The van der Waals surface area contributed by atoms with Crippen LogP contribution in [0.3, 0.4) is 0 Å². The molecule has 8 aromatic carbocycles. The normalized spacial score (nSPS) is 16.8. The molecule has 5 nitrogen and oxygen atoms in total. The fraction of sp³-hybridized carbons (Fsp3) is 0.100. The maximum atomic E-state index is 9.89. The van der Waals surface area contributed by atoms with E-state index in [9.17, 15) is 1.37 Å². The second-order valence-corrected chi connectivity index (χ2v) is 15.7. The number of imidazole rings is 1. The van der Waals surface area contributed by atoms with Crippen LogP contribution in [0.1, 0.15) is 65.5 Å². The number of para-hydroxylation sites is 4. The van der Waals surface area contributed by atoms with Crippen LogP contribution in [0.15, 0.2) is 200 Å². The number of hydrogen-bond donors (Lipinski definition) is 0. The average Bonchev–Trinajstić information content (AvgIpc) is 4.20. The van der Waals surface area contributed by atoms with Gasteiger partial charge in [-0.1, -0.05) is 176 Å². The summed E-state index contributed by atoms with van der Waals surface area (Å²) in [6, 6.07) is 29.4. The van der Waals surface area contributed by atoms with E-state index in [2.05, 4.69) is 18.5 Å². The Bertz CT molecular complexity index is 4300. The van der Waals surface area contributed by atoms with E-state index in [1.54, 1.807) is 75.9 Å². The van der Waals surface area contributed by atoms with Crippen molar-refractivity contribution < 1.29 is 52.3 Å². The zero-order valence-electron chi connectivity index (χ0n) is 50.9. The van der Waals surface area contributed by atoms with Crippen molar-refractivity contribution in [2.24, 2.45) is 0 Å². The van der Waals surface area contributed by atoms with E-state index in [0.717, 1.165) is 35.6 Å². The summed E-state index contributed by atoms with van der Waals surface area (Å²) in [4.78, 5) is 4.92. The van der Waals surface area contributed by atoms with E-state index in [0.29, 0.717) is 57.8 Å². The van der Waals surface area contributed by atoms with Crippen molar-refractivity contribution in [3.05, 3.63) is 224 Å². The molecule has 3 aromatic heterocycles. The minimum Gasteiger partial charge on any atom is -0.510 e. The van der Waals surface area contributed by atoms with Crippen molar-refractivity contribution in [2.45, 2.75) is 38.0 Å². The van der Waals surface area contributed by atoms with Crippen LogP contribution in [0.25, 0.3) is 83.4 Å². The number of benzene rings is 8. The number of hydrogen-bond acceptors (Lipinski definition) is 2. The molecule has 0 amide bonds. The molecule has 0 aliphatic heterocycles. The maximum absolute atomic E-state index is 9.89. The third-order valence-corrected chi connectivity index (χ3v) is 11.9. The third kappa shape index (κ3) is 7.53. The first-order chi connectivity index (χ1) is 38.8. The van der Waals surface area contributed by atoms with Gasteiger partial charge in [-0.2, -0.15) is 18.2 Å². The molecular formula is C60H44N4OPt-2. The minimum absolute atomic E-state index is 0. The maximum Gasteiger partial charge on any atom is 0.268 e. The van der Waals surface area contributed by atoms with Gasteiger partial charge in [0.1, 0.15) is 5.82 Å². The molecule has 0 bridgehead atoms. The predicted octanol–water partition coefficient (Wildman–Crippen LogP) is 14.6. The van der Waals surface area contributed by atoms with Gasteiger partial charge < -0.3 is 13.9 Å². The first-order valence-electron chi connectivity index (χ1n) is 29.3. The number of aromatic nitrogens is 4. The molecule has 0 radical (unpaired) electrons. The van der Waals surface area contributed by atoms with Gasteiger partial charge in [0.25, 0.3) is 6.33 Å². The second-order valence-electron chi connectivity index (χ2n) is 15.7. The first-order valence-corrected chi connectivity index (χ1v) is 21.3. The number of rotatable bonds is 9. The van der Waals surface area contributed by atoms with E-state index >= 15 is 0 Å². The molecule has 11 aromatic rings. The minimum atomic E-state index is -1.14. The van der Waals surface area contributed by atoms with Gasteiger partial charge in [0.15, 0.2) is 0 Å². The Morgan fingerprint density at radius 2 is 1.23 bits per heavy atom. The van der Waals surface area contributed by atoms with Gasteiger partial charge in [-0.3, -0.25) is 4.57 Å². The molecule has 0 unspecified atom stereocenters. The number of fused-ring (bicyclic) bond motifs is 4. The smallest absolute Gasteiger partial charge is 0.268 e. The number of ether oxygens (including phenoxy) is 1. The zero-order chi connectivity index (χ0) is 57.1. The molecule has 0 atom stereocenters. The summed E-state index contributed by atoms with van der Waals surface area (Å²) < 4.78 is 152. The first kappa shape index (κ1) is 27.2. The Hall–Kier alpha value is -7.33. The molecule has 6 heteroatoms. The number of pyridine rings is 1. The Balaban J connectivity index is 0.00000705. The van der Waals surface area contributed by atoms with Gasteiger partial charge in [0.2, 0.25) is 0 Å². The Labute approximate surface area is 422 Å². The van der Waals surface area contributed by atoms with Crippen LogP contribution in [0.2, 0.25) is 0 Å². The van der Waals surface area contributed by atoms with E-state index in [1.807, 2.05) is 41.0 Å². The van der Waals surface area contributed by atoms with Crippen LogP contribution in [-0.2, 0) is 21.1 Å². The molecule has 0 saturated heterocycles. The largest absolute Gasteiger partial charge is 0.510 e. The summed E-state index contributed by atoms with van der Waals surface area (Å²) in [5.74, 6) is -0.154. The van der Waals surface area contributed by atoms with Crippen LogP contribution in [0.4, 0.5) is 0 Å². The molecular weight excluding hydrogens is 988 g/mol. The quantitative estimate of drug-likeness (QED) is 0.107. The summed E-state index contributed by atoms with van der Waals surface area (Å²) in [5.41, 5.74) is 3.60. The van der Waals surface area contributed by atoms with E-state index in [1.165, 1.54) is 6.20 Å². The molecule has 1 aliphatic rings. The van der Waals surface area contributed by atoms with Crippen LogP contribution in [0, 0.1) is 18.5 Å². The molecule has 12 rings (SSSR count). The van der Waals surface area contributed by atoms with Crippen LogP contribution in [-0.4, -0.2) is 14.1 Å². The molecule has 66 heavy (non-hydrogen) atoms. The van der Waals surface area contributed by atoms with Gasteiger partial charge in [-0.15, -0.1) is 29.7 Å². The van der Waals surface area contributed by atoms with E-state index < -0.39 is 84.4 Å². The zero-order valence-corrected chi connectivity index (χ0v) is 37.2. The average molecular weight is 1050 g/mol. The molecule has 1 fully saturated rings. The van der Waals surface area contributed by atoms with Crippen LogP contribution >= 0.6 is 0 Å². The van der Waals surface area contributed by atoms with Crippen LogP contribution < -0.4 is 9.30 Å². The van der Waals surface area contributed by atoms with Crippen molar-refractivity contribution in [3.8, 4) is 62.1 Å². The Morgan fingerprint density at radius 3 is 1.94 bits per heavy atom. The van der Waals surface area contributed by atoms with Crippen molar-refractivity contribution >= 4 is 32.8 Å². The topological polar surface area (TPSA) is 35.9 Å². The second kappa shape index (κ2) is 17.9. The van der Waals surface area contributed by atoms with E-state index in [-0.39, 0.29) is 72.4 Å². The predicted molar refractivity (Wildman–Crippen MR) is 262 cm³/mol. The summed E-state index contributed by atoms with van der Waals surface area (Å²) in [7, 11) is 0. The fourth-order valence-electron chi connectivity index (χ4n) is 8.97. The monoisotopic (exact) mass is 1050 g/mol. The summed E-state index contributed by atoms with van der Waals surface area (Å²) >= 11 is 0. The number of nitrogens with zero attached hydrogens (tertiary/aromatic N) is 4. The molecule has 1 saturated carbocycles. The van der Waals surface area contributed by atoms with Gasteiger partial charge in [0.05, 0.1) is 37.3 Å². The fourth-order valence-corrected chi connectivity index (χ4v) is 8.97.